The van der Waals surface area contributed by atoms with Crippen molar-refractivity contribution in [2.75, 3.05) is 24.5 Å². The summed E-state index contributed by atoms with van der Waals surface area (Å²) in [7, 11) is 0. The van der Waals surface area contributed by atoms with E-state index in [-0.39, 0.29) is 11.2 Å². The van der Waals surface area contributed by atoms with E-state index in [4.69, 9.17) is 10.7 Å². The van der Waals surface area contributed by atoms with Crippen molar-refractivity contribution in [2.45, 2.75) is 48.0 Å². The molecule has 1 fully saturated rings. The zero-order valence-electron chi connectivity index (χ0n) is 19.1. The van der Waals surface area contributed by atoms with Gasteiger partial charge < -0.3 is 10.6 Å². The molecule has 1 saturated heterocycles. The molecule has 1 aromatic carbocycles. The first-order chi connectivity index (χ1) is 14.1. The van der Waals surface area contributed by atoms with Crippen LogP contribution in [0.2, 0.25) is 0 Å². The minimum Gasteiger partial charge on any atom is -0.371 e. The highest BCUT2D eigenvalue weighted by molar-refractivity contribution is 6.22. The zero-order valence-corrected chi connectivity index (χ0v) is 19.1. The van der Waals surface area contributed by atoms with Crippen molar-refractivity contribution in [1.29, 1.82) is 0 Å². The molecule has 0 radical (unpaired) electrons. The summed E-state index contributed by atoms with van der Waals surface area (Å²) in [4.78, 5) is 24.8. The van der Waals surface area contributed by atoms with Gasteiger partial charge >= 0.3 is 0 Å². The number of hydrogen-bond acceptors (Lipinski definition) is 5. The lowest BCUT2D eigenvalue weighted by Crippen LogP contribution is -2.31. The number of carbonyl (C=O) groups excluding carboxylic acids is 1. The fourth-order valence-electron chi connectivity index (χ4n) is 3.90. The summed E-state index contributed by atoms with van der Waals surface area (Å²) in [6, 6.07) is 8.40. The fraction of sp³-hybridized carbons (Fsp3) is 0.480. The van der Waals surface area contributed by atoms with Crippen LogP contribution in [0.5, 0.6) is 0 Å². The van der Waals surface area contributed by atoms with E-state index in [1.807, 2.05) is 46.8 Å². The van der Waals surface area contributed by atoms with Crippen LogP contribution in [0.4, 0.5) is 5.69 Å². The average molecular weight is 407 g/mol. The predicted molar refractivity (Wildman–Crippen MR) is 124 cm³/mol. The van der Waals surface area contributed by atoms with Gasteiger partial charge in [0.15, 0.2) is 5.78 Å². The molecule has 5 heteroatoms. The lowest BCUT2D eigenvalue weighted by atomic mass is 9.84. The molecule has 1 atom stereocenters. The van der Waals surface area contributed by atoms with Crippen LogP contribution in [0.3, 0.4) is 0 Å². The number of anilines is 1. The Hall–Kier alpha value is -2.53. The van der Waals surface area contributed by atoms with Crippen molar-refractivity contribution in [3.8, 4) is 11.3 Å². The molecule has 1 aliphatic heterocycles. The summed E-state index contributed by atoms with van der Waals surface area (Å²) in [6.45, 7) is 14.5. The summed E-state index contributed by atoms with van der Waals surface area (Å²) in [5.74, 6) is 0.0754. The van der Waals surface area contributed by atoms with Crippen LogP contribution in [0, 0.1) is 17.8 Å². The van der Waals surface area contributed by atoms with Gasteiger partial charge in [-0.3, -0.25) is 9.78 Å². The van der Waals surface area contributed by atoms with Gasteiger partial charge in [0.2, 0.25) is 0 Å². The molecule has 3 rings (SSSR count). The van der Waals surface area contributed by atoms with Gasteiger partial charge in [0.25, 0.3) is 0 Å². The standard InChI is InChI=1S/C25H34N4O/c1-7-20(23(30)24(3,4)5)22-17(2)27-14-21(28-22)18-9-8-10-19(13-18)29-12-11-25(6,15-26)16-29/h7-10,13-14H,11-12,15-16,26H2,1-6H3/b20-7+. The Kier molecular flexibility index (Phi) is 6.14. The first-order valence-electron chi connectivity index (χ1n) is 10.7. The van der Waals surface area contributed by atoms with Crippen molar-refractivity contribution in [3.63, 3.8) is 0 Å². The SMILES string of the molecule is C/C=C(/C(=O)C(C)(C)C)c1nc(-c2cccc(N3CCC(C)(CN)C3)c2)cnc1C. The second kappa shape index (κ2) is 8.31. The van der Waals surface area contributed by atoms with Crippen molar-refractivity contribution < 1.29 is 4.79 Å². The summed E-state index contributed by atoms with van der Waals surface area (Å²) >= 11 is 0. The van der Waals surface area contributed by atoms with E-state index in [1.165, 1.54) is 5.69 Å². The Morgan fingerprint density at radius 2 is 2.07 bits per heavy atom. The maximum absolute atomic E-state index is 13.0. The molecule has 0 amide bonds. The lowest BCUT2D eigenvalue weighted by molar-refractivity contribution is -0.120. The number of ketones is 1. The number of nitrogens with two attached hydrogens (primary N) is 1. The van der Waals surface area contributed by atoms with E-state index in [2.05, 4.69) is 35.0 Å². The number of benzene rings is 1. The van der Waals surface area contributed by atoms with Gasteiger partial charge in [-0.1, -0.05) is 45.9 Å². The van der Waals surface area contributed by atoms with E-state index in [0.29, 0.717) is 17.8 Å². The van der Waals surface area contributed by atoms with Crippen molar-refractivity contribution in [1.82, 2.24) is 9.97 Å². The monoisotopic (exact) mass is 406 g/mol. The average Bonchev–Trinajstić information content (AvgIpc) is 3.12. The van der Waals surface area contributed by atoms with Gasteiger partial charge in [-0.25, -0.2) is 4.98 Å². The maximum Gasteiger partial charge on any atom is 0.170 e. The molecule has 30 heavy (non-hydrogen) atoms. The van der Waals surface area contributed by atoms with E-state index < -0.39 is 5.41 Å². The Morgan fingerprint density at radius 3 is 2.67 bits per heavy atom. The van der Waals surface area contributed by atoms with Crippen molar-refractivity contribution in [2.24, 2.45) is 16.6 Å². The van der Waals surface area contributed by atoms with Gasteiger partial charge in [-0.15, -0.1) is 0 Å². The maximum atomic E-state index is 13.0. The molecule has 0 bridgehead atoms. The van der Waals surface area contributed by atoms with Gasteiger partial charge in [0, 0.05) is 35.3 Å². The molecule has 2 N–H and O–H groups in total. The highest BCUT2D eigenvalue weighted by Crippen LogP contribution is 2.34. The molecule has 0 aliphatic carbocycles. The van der Waals surface area contributed by atoms with Gasteiger partial charge in [0.05, 0.1) is 23.3 Å². The number of hydrogen-bond donors (Lipinski definition) is 1. The predicted octanol–water partition coefficient (Wildman–Crippen LogP) is 4.65. The van der Waals surface area contributed by atoms with Crippen LogP contribution in [0.25, 0.3) is 16.8 Å². The molecular weight excluding hydrogens is 372 g/mol. The summed E-state index contributed by atoms with van der Waals surface area (Å²) < 4.78 is 0. The number of Topliss-reactive ketones (excluding diaryl/α,β-unsaturated/α-hetero) is 1. The summed E-state index contributed by atoms with van der Waals surface area (Å²) in [5, 5.41) is 0. The number of rotatable bonds is 5. The highest BCUT2D eigenvalue weighted by atomic mass is 16.1. The van der Waals surface area contributed by atoms with Crippen LogP contribution in [-0.2, 0) is 4.79 Å². The Bertz CT molecular complexity index is 973. The van der Waals surface area contributed by atoms with Crippen LogP contribution >= 0.6 is 0 Å². The van der Waals surface area contributed by atoms with Crippen LogP contribution in [0.15, 0.2) is 36.5 Å². The van der Waals surface area contributed by atoms with Gasteiger partial charge in [-0.05, 0) is 44.4 Å². The van der Waals surface area contributed by atoms with Crippen LogP contribution in [-0.4, -0.2) is 35.4 Å². The minimum absolute atomic E-state index is 0.0754. The second-order valence-electron chi connectivity index (χ2n) is 9.71. The topological polar surface area (TPSA) is 72.1 Å². The Labute approximate surface area is 180 Å². The normalized spacial score (nSPS) is 20.0. The number of carbonyl (C=O) groups is 1. The van der Waals surface area contributed by atoms with Crippen molar-refractivity contribution in [3.05, 3.63) is 47.9 Å². The smallest absolute Gasteiger partial charge is 0.170 e. The number of aromatic nitrogens is 2. The Morgan fingerprint density at radius 1 is 1.33 bits per heavy atom. The zero-order chi connectivity index (χ0) is 22.1. The van der Waals surface area contributed by atoms with Gasteiger partial charge in [-0.2, -0.15) is 0 Å². The molecule has 160 valence electrons. The van der Waals surface area contributed by atoms with E-state index in [0.717, 1.165) is 36.5 Å². The molecule has 5 nitrogen and oxygen atoms in total. The van der Waals surface area contributed by atoms with E-state index in [9.17, 15) is 4.79 Å². The number of nitrogens with zero attached hydrogens (tertiary/aromatic N) is 3. The van der Waals surface area contributed by atoms with Crippen LogP contribution in [0.1, 0.15) is 52.4 Å². The van der Waals surface area contributed by atoms with E-state index in [1.54, 1.807) is 6.20 Å². The quantitative estimate of drug-likeness (QED) is 0.732. The molecule has 1 unspecified atom stereocenters. The summed E-state index contributed by atoms with van der Waals surface area (Å²) in [5.41, 5.74) is 10.7. The molecule has 1 aliphatic rings. The third kappa shape index (κ3) is 4.46. The molecule has 2 heterocycles. The minimum atomic E-state index is -0.475. The highest BCUT2D eigenvalue weighted by Gasteiger charge is 2.32. The fourth-order valence-corrected chi connectivity index (χ4v) is 3.90. The lowest BCUT2D eigenvalue weighted by Gasteiger charge is -2.24. The molecule has 2 aromatic rings. The molecule has 0 saturated carbocycles. The number of aryl methyl sites for hydroxylation is 1. The van der Waals surface area contributed by atoms with Gasteiger partial charge in [0.1, 0.15) is 0 Å². The molecule has 1 aromatic heterocycles. The van der Waals surface area contributed by atoms with Crippen LogP contribution < -0.4 is 10.6 Å². The first-order valence-corrected chi connectivity index (χ1v) is 10.7. The Balaban J connectivity index is 1.96. The summed E-state index contributed by atoms with van der Waals surface area (Å²) in [6.07, 6.45) is 4.74. The van der Waals surface area contributed by atoms with E-state index >= 15 is 0 Å². The third-order valence-electron chi connectivity index (χ3n) is 5.98. The molecule has 0 spiro atoms. The third-order valence-corrected chi connectivity index (χ3v) is 5.98. The molecular formula is C25H34N4O. The van der Waals surface area contributed by atoms with Crippen molar-refractivity contribution >= 4 is 17.0 Å². The first kappa shape index (κ1) is 22.2. The largest absolute Gasteiger partial charge is 0.371 e. The second-order valence-corrected chi connectivity index (χ2v) is 9.71. The number of allylic oxidation sites excluding steroid dienone is 2.